The van der Waals surface area contributed by atoms with Gasteiger partial charge in [0.15, 0.2) is 5.96 Å². The standard InChI is InChI=1S/C18H24ClF5N4O/c1-2-25-17(26-8-12-5-6-28(10-12)11-18(22,23)24)27-9-13-7-14(19)3-4-15(13)29-16(20)21/h3-4,7,12,16H,2,5-6,8-11H2,1H3,(H2,25,26,27). The molecular weight excluding hydrogens is 419 g/mol. The molecule has 0 aliphatic carbocycles. The maximum Gasteiger partial charge on any atom is 0.401 e. The van der Waals surface area contributed by atoms with E-state index < -0.39 is 19.3 Å². The highest BCUT2D eigenvalue weighted by Crippen LogP contribution is 2.25. The first-order chi connectivity index (χ1) is 13.7. The van der Waals surface area contributed by atoms with E-state index >= 15 is 0 Å². The Balaban J connectivity index is 1.94. The molecule has 1 saturated heterocycles. The van der Waals surface area contributed by atoms with Crippen LogP contribution in [0.25, 0.3) is 0 Å². The number of rotatable bonds is 8. The molecule has 1 aliphatic rings. The molecule has 0 aromatic heterocycles. The first-order valence-corrected chi connectivity index (χ1v) is 9.58. The second-order valence-electron chi connectivity index (χ2n) is 6.71. The van der Waals surface area contributed by atoms with Crippen LogP contribution in [0.3, 0.4) is 0 Å². The van der Waals surface area contributed by atoms with Gasteiger partial charge in [0.2, 0.25) is 0 Å². The van der Waals surface area contributed by atoms with Crippen LogP contribution in [0.4, 0.5) is 22.0 Å². The van der Waals surface area contributed by atoms with Crippen molar-refractivity contribution in [1.82, 2.24) is 15.5 Å². The molecule has 2 N–H and O–H groups in total. The van der Waals surface area contributed by atoms with Crippen molar-refractivity contribution in [1.29, 1.82) is 0 Å². The van der Waals surface area contributed by atoms with Gasteiger partial charge in [0.25, 0.3) is 0 Å². The molecule has 1 unspecified atom stereocenters. The first kappa shape index (κ1) is 23.5. The Hall–Kier alpha value is -1.81. The molecule has 0 amide bonds. The molecule has 1 fully saturated rings. The minimum absolute atomic E-state index is 0.0115. The van der Waals surface area contributed by atoms with E-state index in [1.54, 1.807) is 0 Å². The van der Waals surface area contributed by atoms with Gasteiger partial charge < -0.3 is 15.4 Å². The molecule has 11 heteroatoms. The normalized spacial score (nSPS) is 18.3. The van der Waals surface area contributed by atoms with E-state index in [0.717, 1.165) is 0 Å². The Morgan fingerprint density at radius 1 is 1.34 bits per heavy atom. The van der Waals surface area contributed by atoms with E-state index in [-0.39, 0.29) is 18.2 Å². The summed E-state index contributed by atoms with van der Waals surface area (Å²) in [6, 6.07) is 4.30. The quantitative estimate of drug-likeness (QED) is 0.364. The fourth-order valence-electron chi connectivity index (χ4n) is 3.11. The van der Waals surface area contributed by atoms with Crippen LogP contribution >= 0.6 is 11.6 Å². The molecule has 0 spiro atoms. The maximum absolute atomic E-state index is 12.6. The molecule has 1 aromatic rings. The highest BCUT2D eigenvalue weighted by atomic mass is 35.5. The Morgan fingerprint density at radius 2 is 2.10 bits per heavy atom. The summed E-state index contributed by atoms with van der Waals surface area (Å²) in [5, 5.41) is 6.49. The van der Waals surface area contributed by atoms with Crippen molar-refractivity contribution in [3.05, 3.63) is 28.8 Å². The summed E-state index contributed by atoms with van der Waals surface area (Å²) in [5.74, 6) is 0.484. The zero-order chi connectivity index (χ0) is 21.4. The maximum atomic E-state index is 12.6. The number of guanidine groups is 1. The van der Waals surface area contributed by atoms with Crippen LogP contribution in [0.15, 0.2) is 23.2 Å². The SMILES string of the molecule is CCNC(=NCc1cc(Cl)ccc1OC(F)F)NCC1CCN(CC(F)(F)F)C1. The van der Waals surface area contributed by atoms with Crippen molar-refractivity contribution in [2.24, 2.45) is 10.9 Å². The molecule has 1 aliphatic heterocycles. The molecular formula is C18H24ClF5N4O. The third-order valence-electron chi connectivity index (χ3n) is 4.32. The molecule has 164 valence electrons. The summed E-state index contributed by atoms with van der Waals surface area (Å²) in [7, 11) is 0. The van der Waals surface area contributed by atoms with Crippen molar-refractivity contribution < 1.29 is 26.7 Å². The highest BCUT2D eigenvalue weighted by molar-refractivity contribution is 6.30. The minimum Gasteiger partial charge on any atom is -0.434 e. The lowest BCUT2D eigenvalue weighted by Gasteiger charge is -2.19. The third kappa shape index (κ3) is 8.61. The van der Waals surface area contributed by atoms with Crippen LogP contribution in [-0.2, 0) is 6.54 Å². The van der Waals surface area contributed by atoms with Crippen molar-refractivity contribution in [2.75, 3.05) is 32.7 Å². The second-order valence-corrected chi connectivity index (χ2v) is 7.15. The zero-order valence-corrected chi connectivity index (χ0v) is 16.7. The van der Waals surface area contributed by atoms with Crippen LogP contribution in [0, 0.1) is 5.92 Å². The van der Waals surface area contributed by atoms with Crippen molar-refractivity contribution in [2.45, 2.75) is 32.7 Å². The monoisotopic (exact) mass is 442 g/mol. The van der Waals surface area contributed by atoms with Gasteiger partial charge in [-0.3, -0.25) is 4.90 Å². The lowest BCUT2D eigenvalue weighted by atomic mass is 10.1. The van der Waals surface area contributed by atoms with E-state index in [9.17, 15) is 22.0 Å². The molecule has 0 saturated carbocycles. The number of hydrogen-bond donors (Lipinski definition) is 2. The van der Waals surface area contributed by atoms with Gasteiger partial charge in [-0.05, 0) is 44.0 Å². The second kappa shape index (κ2) is 10.8. The average Bonchev–Trinajstić information content (AvgIpc) is 3.04. The van der Waals surface area contributed by atoms with Gasteiger partial charge in [-0.15, -0.1) is 0 Å². The first-order valence-electron chi connectivity index (χ1n) is 9.20. The Labute approximate surface area is 171 Å². The number of hydrogen-bond acceptors (Lipinski definition) is 3. The van der Waals surface area contributed by atoms with E-state index in [1.807, 2.05) is 6.92 Å². The van der Waals surface area contributed by atoms with Crippen LogP contribution in [0.1, 0.15) is 18.9 Å². The third-order valence-corrected chi connectivity index (χ3v) is 4.56. The number of benzene rings is 1. The van der Waals surface area contributed by atoms with Gasteiger partial charge in [0.1, 0.15) is 5.75 Å². The largest absolute Gasteiger partial charge is 0.434 e. The summed E-state index contributed by atoms with van der Waals surface area (Å²) in [4.78, 5) is 5.73. The van der Waals surface area contributed by atoms with Crippen molar-refractivity contribution in [3.8, 4) is 5.75 Å². The minimum atomic E-state index is -4.20. The molecule has 1 heterocycles. The van der Waals surface area contributed by atoms with Crippen molar-refractivity contribution in [3.63, 3.8) is 0 Å². The van der Waals surface area contributed by atoms with Gasteiger partial charge in [-0.2, -0.15) is 22.0 Å². The van der Waals surface area contributed by atoms with Crippen LogP contribution in [0.2, 0.25) is 5.02 Å². The summed E-state index contributed by atoms with van der Waals surface area (Å²) < 4.78 is 67.1. The fourth-order valence-corrected chi connectivity index (χ4v) is 3.30. The zero-order valence-electron chi connectivity index (χ0n) is 15.9. The van der Waals surface area contributed by atoms with E-state index in [2.05, 4.69) is 20.4 Å². The van der Waals surface area contributed by atoms with Gasteiger partial charge in [-0.1, -0.05) is 11.6 Å². The Morgan fingerprint density at radius 3 is 2.76 bits per heavy atom. The number of halogens is 6. The molecule has 1 atom stereocenters. The lowest BCUT2D eigenvalue weighted by molar-refractivity contribution is -0.143. The van der Waals surface area contributed by atoms with E-state index in [1.165, 1.54) is 23.1 Å². The Bertz CT molecular complexity index is 687. The van der Waals surface area contributed by atoms with Gasteiger partial charge in [-0.25, -0.2) is 4.99 Å². The molecule has 1 aromatic carbocycles. The van der Waals surface area contributed by atoms with Gasteiger partial charge in [0.05, 0.1) is 13.1 Å². The summed E-state index contributed by atoms with van der Waals surface area (Å²) >= 11 is 5.93. The lowest BCUT2D eigenvalue weighted by Crippen LogP contribution is -2.40. The molecule has 29 heavy (non-hydrogen) atoms. The number of ether oxygens (including phenoxy) is 1. The molecule has 0 radical (unpaired) electrons. The Kier molecular flexibility index (Phi) is 8.76. The number of nitrogens with zero attached hydrogens (tertiary/aromatic N) is 2. The predicted molar refractivity (Wildman–Crippen MR) is 102 cm³/mol. The van der Waals surface area contributed by atoms with Gasteiger partial charge >= 0.3 is 12.8 Å². The summed E-state index contributed by atoms with van der Waals surface area (Å²) in [6.07, 6.45) is -3.54. The van der Waals surface area contributed by atoms with Crippen LogP contribution in [0.5, 0.6) is 5.75 Å². The van der Waals surface area contributed by atoms with Gasteiger partial charge in [0, 0.05) is 30.2 Å². The average molecular weight is 443 g/mol. The van der Waals surface area contributed by atoms with E-state index in [0.29, 0.717) is 49.1 Å². The number of alkyl halides is 5. The summed E-state index contributed by atoms with van der Waals surface area (Å²) in [5.41, 5.74) is 0.396. The summed E-state index contributed by atoms with van der Waals surface area (Å²) in [6.45, 7) is -0.191. The van der Waals surface area contributed by atoms with Crippen LogP contribution in [-0.4, -0.2) is 56.4 Å². The highest BCUT2D eigenvalue weighted by Gasteiger charge is 2.34. The predicted octanol–water partition coefficient (Wildman–Crippen LogP) is 3.88. The molecule has 5 nitrogen and oxygen atoms in total. The fraction of sp³-hybridized carbons (Fsp3) is 0.611. The smallest absolute Gasteiger partial charge is 0.401 e. The molecule has 0 bridgehead atoms. The number of nitrogens with one attached hydrogen (secondary N) is 2. The topological polar surface area (TPSA) is 48.9 Å². The number of likely N-dealkylation sites (tertiary alicyclic amines) is 1. The van der Waals surface area contributed by atoms with Crippen molar-refractivity contribution >= 4 is 17.6 Å². The van der Waals surface area contributed by atoms with E-state index in [4.69, 9.17) is 11.6 Å². The molecule has 2 rings (SSSR count). The number of aliphatic imine (C=N–C) groups is 1. The van der Waals surface area contributed by atoms with Crippen LogP contribution < -0.4 is 15.4 Å².